The van der Waals surface area contributed by atoms with Crippen molar-refractivity contribution in [3.05, 3.63) is 0 Å². The summed E-state index contributed by atoms with van der Waals surface area (Å²) in [5, 5.41) is 0. The standard InChI is InChI=1S/C20H40O4/c1-8-13-19(22-16(5)9-2)14-12-15-21-20(19,23-17(6)10-3)24-18(7)11-4/h16-18H,8-15H2,1-7H3. The first-order chi connectivity index (χ1) is 11.4. The Morgan fingerprint density at radius 3 is 1.79 bits per heavy atom. The number of ether oxygens (including phenoxy) is 4. The molecule has 4 unspecified atom stereocenters. The fraction of sp³-hybridized carbons (Fsp3) is 1.00. The van der Waals surface area contributed by atoms with Crippen LogP contribution in [0.15, 0.2) is 0 Å². The molecule has 24 heavy (non-hydrogen) atoms. The molecule has 0 spiro atoms. The Morgan fingerprint density at radius 1 is 0.833 bits per heavy atom. The Balaban J connectivity index is 3.26. The second kappa shape index (κ2) is 10.1. The smallest absolute Gasteiger partial charge is 0.314 e. The van der Waals surface area contributed by atoms with Crippen molar-refractivity contribution in [3.63, 3.8) is 0 Å². The molecule has 0 aromatic heterocycles. The molecule has 4 nitrogen and oxygen atoms in total. The van der Waals surface area contributed by atoms with E-state index in [1.807, 2.05) is 0 Å². The van der Waals surface area contributed by atoms with Gasteiger partial charge in [-0.3, -0.25) is 0 Å². The molecule has 144 valence electrons. The molecule has 0 amide bonds. The molecule has 4 heteroatoms. The first kappa shape index (κ1) is 21.9. The van der Waals surface area contributed by atoms with Gasteiger partial charge in [0.15, 0.2) is 0 Å². The van der Waals surface area contributed by atoms with Crippen LogP contribution in [0.3, 0.4) is 0 Å². The maximum absolute atomic E-state index is 6.60. The summed E-state index contributed by atoms with van der Waals surface area (Å²) in [7, 11) is 0. The lowest BCUT2D eigenvalue weighted by Crippen LogP contribution is -2.65. The summed E-state index contributed by atoms with van der Waals surface area (Å²) in [6.07, 6.45) is 6.85. The molecule has 0 saturated carbocycles. The average Bonchev–Trinajstić information content (AvgIpc) is 2.57. The third-order valence-corrected chi connectivity index (χ3v) is 5.09. The Labute approximate surface area is 149 Å². The molecule has 0 N–H and O–H groups in total. The van der Waals surface area contributed by atoms with E-state index in [1.165, 1.54) is 0 Å². The first-order valence-corrected chi connectivity index (χ1v) is 10.1. The lowest BCUT2D eigenvalue weighted by atomic mass is 9.86. The largest absolute Gasteiger partial charge is 0.364 e. The molecule has 1 heterocycles. The molecule has 0 radical (unpaired) electrons. The van der Waals surface area contributed by atoms with Crippen molar-refractivity contribution in [3.8, 4) is 0 Å². The van der Waals surface area contributed by atoms with Crippen LogP contribution in [-0.2, 0) is 18.9 Å². The monoisotopic (exact) mass is 344 g/mol. The predicted octanol–water partition coefficient (Wildman–Crippen LogP) is 5.43. The van der Waals surface area contributed by atoms with Gasteiger partial charge in [-0.25, -0.2) is 0 Å². The van der Waals surface area contributed by atoms with Gasteiger partial charge in [0.1, 0.15) is 5.60 Å². The van der Waals surface area contributed by atoms with E-state index in [4.69, 9.17) is 18.9 Å². The van der Waals surface area contributed by atoms with Gasteiger partial charge in [0.2, 0.25) is 0 Å². The van der Waals surface area contributed by atoms with Crippen LogP contribution in [0.4, 0.5) is 0 Å². The first-order valence-electron chi connectivity index (χ1n) is 10.1. The Hall–Kier alpha value is -0.160. The van der Waals surface area contributed by atoms with Crippen LogP contribution in [0.5, 0.6) is 0 Å². The highest BCUT2D eigenvalue weighted by Crippen LogP contribution is 2.46. The van der Waals surface area contributed by atoms with Gasteiger partial charge in [-0.1, -0.05) is 34.1 Å². The molecule has 4 atom stereocenters. The van der Waals surface area contributed by atoms with Gasteiger partial charge < -0.3 is 18.9 Å². The van der Waals surface area contributed by atoms with Crippen molar-refractivity contribution >= 4 is 0 Å². The molecule has 1 aliphatic rings. The van der Waals surface area contributed by atoms with E-state index in [1.54, 1.807) is 0 Å². The molecule has 1 saturated heterocycles. The van der Waals surface area contributed by atoms with Crippen LogP contribution < -0.4 is 0 Å². The molecule has 0 aliphatic carbocycles. The van der Waals surface area contributed by atoms with Crippen molar-refractivity contribution in [2.75, 3.05) is 6.61 Å². The van der Waals surface area contributed by atoms with E-state index >= 15 is 0 Å². The van der Waals surface area contributed by atoms with Gasteiger partial charge in [-0.05, 0) is 59.3 Å². The molecule has 0 aromatic rings. The third-order valence-electron chi connectivity index (χ3n) is 5.09. The molecule has 1 aliphatic heterocycles. The SMILES string of the molecule is CCCC1(OC(C)CC)CCCOC1(OC(C)CC)OC(C)CC. The summed E-state index contributed by atoms with van der Waals surface area (Å²) < 4.78 is 25.7. The Bertz CT molecular complexity index is 331. The average molecular weight is 345 g/mol. The highest BCUT2D eigenvalue weighted by molar-refractivity contribution is 4.95. The predicted molar refractivity (Wildman–Crippen MR) is 98.1 cm³/mol. The fourth-order valence-electron chi connectivity index (χ4n) is 3.20. The number of hydrogen-bond acceptors (Lipinski definition) is 4. The summed E-state index contributed by atoms with van der Waals surface area (Å²) in [5.41, 5.74) is -0.539. The van der Waals surface area contributed by atoms with E-state index in [9.17, 15) is 0 Å². The summed E-state index contributed by atoms with van der Waals surface area (Å²) >= 11 is 0. The van der Waals surface area contributed by atoms with Crippen LogP contribution in [0, 0.1) is 0 Å². The summed E-state index contributed by atoms with van der Waals surface area (Å²) in [4.78, 5) is 0. The van der Waals surface area contributed by atoms with Crippen molar-refractivity contribution in [1.82, 2.24) is 0 Å². The lowest BCUT2D eigenvalue weighted by Gasteiger charge is -2.53. The summed E-state index contributed by atoms with van der Waals surface area (Å²) in [6.45, 7) is 15.5. The highest BCUT2D eigenvalue weighted by Gasteiger charge is 2.59. The van der Waals surface area contributed by atoms with Crippen LogP contribution in [0.1, 0.15) is 93.4 Å². The number of hydrogen-bond donors (Lipinski definition) is 0. The molecule has 1 rings (SSSR count). The van der Waals surface area contributed by atoms with Crippen LogP contribution in [0.2, 0.25) is 0 Å². The zero-order valence-corrected chi connectivity index (χ0v) is 17.0. The van der Waals surface area contributed by atoms with Crippen LogP contribution >= 0.6 is 0 Å². The fourth-order valence-corrected chi connectivity index (χ4v) is 3.20. The van der Waals surface area contributed by atoms with Crippen molar-refractivity contribution in [2.24, 2.45) is 0 Å². The van der Waals surface area contributed by atoms with E-state index < -0.39 is 11.6 Å². The molecule has 0 aromatic carbocycles. The summed E-state index contributed by atoms with van der Waals surface area (Å²) in [5.74, 6) is -1.10. The molecular weight excluding hydrogens is 304 g/mol. The van der Waals surface area contributed by atoms with Gasteiger partial charge in [0.25, 0.3) is 0 Å². The maximum Gasteiger partial charge on any atom is 0.314 e. The van der Waals surface area contributed by atoms with E-state index in [0.29, 0.717) is 6.61 Å². The third kappa shape index (κ3) is 5.17. The minimum atomic E-state index is -1.10. The van der Waals surface area contributed by atoms with E-state index in [0.717, 1.165) is 44.9 Å². The Morgan fingerprint density at radius 2 is 1.33 bits per heavy atom. The van der Waals surface area contributed by atoms with Gasteiger partial charge in [0, 0.05) is 0 Å². The van der Waals surface area contributed by atoms with E-state index in [-0.39, 0.29) is 18.3 Å². The topological polar surface area (TPSA) is 36.9 Å². The lowest BCUT2D eigenvalue weighted by molar-refractivity contribution is -0.480. The van der Waals surface area contributed by atoms with Crippen molar-refractivity contribution in [1.29, 1.82) is 0 Å². The molecule has 0 bridgehead atoms. The van der Waals surface area contributed by atoms with Crippen LogP contribution in [-0.4, -0.2) is 36.5 Å². The minimum Gasteiger partial charge on any atom is -0.364 e. The zero-order valence-electron chi connectivity index (χ0n) is 17.0. The Kier molecular flexibility index (Phi) is 9.21. The highest BCUT2D eigenvalue weighted by atomic mass is 16.9. The molecular formula is C20H40O4. The number of rotatable bonds is 11. The maximum atomic E-state index is 6.60. The molecule has 1 fully saturated rings. The van der Waals surface area contributed by atoms with Crippen molar-refractivity contribution < 1.29 is 18.9 Å². The second-order valence-corrected chi connectivity index (χ2v) is 7.26. The second-order valence-electron chi connectivity index (χ2n) is 7.26. The van der Waals surface area contributed by atoms with Crippen molar-refractivity contribution in [2.45, 2.75) is 123 Å². The van der Waals surface area contributed by atoms with Gasteiger partial charge >= 0.3 is 5.97 Å². The zero-order chi connectivity index (χ0) is 18.2. The summed E-state index contributed by atoms with van der Waals surface area (Å²) in [6, 6.07) is 0. The van der Waals surface area contributed by atoms with Gasteiger partial charge in [-0.2, -0.15) is 0 Å². The minimum absolute atomic E-state index is 0.0592. The quantitative estimate of drug-likeness (QED) is 0.468. The normalized spacial score (nSPS) is 31.6. The van der Waals surface area contributed by atoms with E-state index in [2.05, 4.69) is 48.5 Å². The van der Waals surface area contributed by atoms with Gasteiger partial charge in [-0.15, -0.1) is 0 Å². The van der Waals surface area contributed by atoms with Gasteiger partial charge in [0.05, 0.1) is 24.9 Å². The van der Waals surface area contributed by atoms with Crippen LogP contribution in [0.25, 0.3) is 0 Å².